The summed E-state index contributed by atoms with van der Waals surface area (Å²) in [5.41, 5.74) is 1.60. The molecule has 1 aliphatic heterocycles. The molecule has 1 amide bonds. The summed E-state index contributed by atoms with van der Waals surface area (Å²) in [5.74, 6) is 0.909. The number of carbonyl (C=O) groups is 1. The van der Waals surface area contributed by atoms with Crippen molar-refractivity contribution in [1.29, 1.82) is 0 Å². The highest BCUT2D eigenvalue weighted by atomic mass is 16.5. The summed E-state index contributed by atoms with van der Waals surface area (Å²) in [6.45, 7) is 5.12. The first-order valence-corrected chi connectivity index (χ1v) is 7.32. The van der Waals surface area contributed by atoms with Gasteiger partial charge in [-0.15, -0.1) is 0 Å². The van der Waals surface area contributed by atoms with Gasteiger partial charge >= 0.3 is 0 Å². The molecule has 0 bridgehead atoms. The molecule has 22 heavy (non-hydrogen) atoms. The van der Waals surface area contributed by atoms with Gasteiger partial charge in [-0.3, -0.25) is 9.78 Å². The summed E-state index contributed by atoms with van der Waals surface area (Å²) in [6, 6.07) is 1.41. The van der Waals surface area contributed by atoms with Crippen molar-refractivity contribution in [3.63, 3.8) is 0 Å². The number of hydrogen-bond acceptors (Lipinski definition) is 6. The van der Waals surface area contributed by atoms with Crippen LogP contribution >= 0.6 is 0 Å². The third-order valence-electron chi connectivity index (χ3n) is 3.73. The molecule has 3 rings (SSSR count). The highest BCUT2D eigenvalue weighted by molar-refractivity contribution is 5.95. The molecule has 0 aromatic carbocycles. The van der Waals surface area contributed by atoms with Crippen molar-refractivity contribution < 1.29 is 14.1 Å². The predicted molar refractivity (Wildman–Crippen MR) is 77.2 cm³/mol. The van der Waals surface area contributed by atoms with Crippen molar-refractivity contribution >= 4 is 5.91 Å². The van der Waals surface area contributed by atoms with Gasteiger partial charge in [-0.25, -0.2) is 0 Å². The molecule has 0 saturated carbocycles. The molecule has 0 spiro atoms. The van der Waals surface area contributed by atoms with Crippen LogP contribution in [-0.4, -0.2) is 45.7 Å². The van der Waals surface area contributed by atoms with Crippen molar-refractivity contribution in [3.8, 4) is 0 Å². The van der Waals surface area contributed by atoms with E-state index in [1.54, 1.807) is 30.3 Å². The monoisotopic (exact) mass is 302 g/mol. The van der Waals surface area contributed by atoms with E-state index in [4.69, 9.17) is 9.26 Å². The van der Waals surface area contributed by atoms with Crippen LogP contribution in [0.1, 0.15) is 40.6 Å². The van der Waals surface area contributed by atoms with Crippen molar-refractivity contribution in [2.24, 2.45) is 0 Å². The second kappa shape index (κ2) is 6.23. The minimum Gasteiger partial charge on any atom is -0.377 e. The fourth-order valence-corrected chi connectivity index (χ4v) is 2.57. The van der Waals surface area contributed by atoms with Crippen molar-refractivity contribution in [2.75, 3.05) is 19.8 Å². The van der Waals surface area contributed by atoms with Gasteiger partial charge in [0.15, 0.2) is 5.82 Å². The molecular formula is C15H18N4O3. The average molecular weight is 302 g/mol. The van der Waals surface area contributed by atoms with Crippen LogP contribution in [0.5, 0.6) is 0 Å². The minimum atomic E-state index is -0.347. The number of nitrogens with zero attached hydrogens (tertiary/aromatic N) is 4. The van der Waals surface area contributed by atoms with Crippen LogP contribution in [0.4, 0.5) is 0 Å². The third-order valence-corrected chi connectivity index (χ3v) is 3.73. The lowest BCUT2D eigenvalue weighted by Crippen LogP contribution is -2.43. The summed E-state index contributed by atoms with van der Waals surface area (Å²) in [4.78, 5) is 23.0. The topological polar surface area (TPSA) is 81.4 Å². The summed E-state index contributed by atoms with van der Waals surface area (Å²) in [7, 11) is 0. The summed E-state index contributed by atoms with van der Waals surface area (Å²) < 4.78 is 10.7. The number of amides is 1. The number of aryl methyl sites for hydroxylation is 2. The number of morpholine rings is 1. The molecular weight excluding hydrogens is 284 g/mol. The van der Waals surface area contributed by atoms with Gasteiger partial charge in [0.25, 0.3) is 11.8 Å². The Kier molecular flexibility index (Phi) is 4.15. The van der Waals surface area contributed by atoms with Gasteiger partial charge in [0.2, 0.25) is 0 Å². The van der Waals surface area contributed by atoms with E-state index in [-0.39, 0.29) is 11.9 Å². The third kappa shape index (κ3) is 2.71. The second-order valence-corrected chi connectivity index (χ2v) is 5.16. The number of carbonyl (C=O) groups excluding carboxylic acids is 1. The maximum Gasteiger partial charge on any atom is 0.255 e. The van der Waals surface area contributed by atoms with Crippen LogP contribution in [0.25, 0.3) is 0 Å². The van der Waals surface area contributed by atoms with Crippen LogP contribution in [0.3, 0.4) is 0 Å². The van der Waals surface area contributed by atoms with Gasteiger partial charge < -0.3 is 14.2 Å². The Morgan fingerprint density at radius 2 is 2.36 bits per heavy atom. The van der Waals surface area contributed by atoms with Gasteiger partial charge in [0.1, 0.15) is 6.04 Å². The van der Waals surface area contributed by atoms with E-state index in [1.165, 1.54) is 0 Å². The molecule has 1 fully saturated rings. The summed E-state index contributed by atoms with van der Waals surface area (Å²) in [5, 5.41) is 3.80. The van der Waals surface area contributed by atoms with E-state index in [2.05, 4.69) is 15.1 Å². The second-order valence-electron chi connectivity index (χ2n) is 5.16. The molecule has 2 aromatic heterocycles. The highest BCUT2D eigenvalue weighted by Crippen LogP contribution is 2.25. The van der Waals surface area contributed by atoms with Crippen molar-refractivity contribution in [1.82, 2.24) is 20.0 Å². The number of rotatable bonds is 3. The SMILES string of the molecule is CCc1cnccc1C(=O)N1CCOC[C@H]1c1nc(C)no1. The standard InChI is InChI=1S/C15H18N4O3/c1-3-11-8-16-5-4-12(11)15(20)19-6-7-21-9-13(19)14-17-10(2)18-22-14/h4-5,8,13H,3,6-7,9H2,1-2H3/t13-/m0/s1. The molecule has 1 atom stereocenters. The van der Waals surface area contributed by atoms with E-state index in [1.807, 2.05) is 6.92 Å². The zero-order valence-electron chi connectivity index (χ0n) is 12.7. The van der Waals surface area contributed by atoms with Crippen LogP contribution < -0.4 is 0 Å². The lowest BCUT2D eigenvalue weighted by atomic mass is 10.1. The Balaban J connectivity index is 1.91. The highest BCUT2D eigenvalue weighted by Gasteiger charge is 2.33. The molecule has 116 valence electrons. The van der Waals surface area contributed by atoms with E-state index in [9.17, 15) is 4.79 Å². The fourth-order valence-electron chi connectivity index (χ4n) is 2.57. The van der Waals surface area contributed by atoms with Crippen LogP contribution in [-0.2, 0) is 11.2 Å². The molecule has 0 radical (unpaired) electrons. The van der Waals surface area contributed by atoms with E-state index >= 15 is 0 Å². The first kappa shape index (κ1) is 14.6. The van der Waals surface area contributed by atoms with E-state index < -0.39 is 0 Å². The van der Waals surface area contributed by atoms with Crippen molar-refractivity contribution in [2.45, 2.75) is 26.3 Å². The maximum absolute atomic E-state index is 12.9. The van der Waals surface area contributed by atoms with Crippen LogP contribution in [0, 0.1) is 6.92 Å². The van der Waals surface area contributed by atoms with Gasteiger partial charge in [0.05, 0.1) is 13.2 Å². The molecule has 1 saturated heterocycles. The molecule has 2 aromatic rings. The van der Waals surface area contributed by atoms with Gasteiger partial charge in [-0.05, 0) is 25.0 Å². The zero-order chi connectivity index (χ0) is 15.5. The van der Waals surface area contributed by atoms with Crippen LogP contribution in [0.15, 0.2) is 23.0 Å². The zero-order valence-corrected chi connectivity index (χ0v) is 12.7. The normalized spacial score (nSPS) is 18.5. The Morgan fingerprint density at radius 3 is 3.09 bits per heavy atom. The first-order valence-electron chi connectivity index (χ1n) is 7.32. The van der Waals surface area contributed by atoms with Crippen molar-refractivity contribution in [3.05, 3.63) is 41.3 Å². The maximum atomic E-state index is 12.9. The van der Waals surface area contributed by atoms with E-state index in [0.29, 0.717) is 37.0 Å². The number of hydrogen-bond donors (Lipinski definition) is 0. The molecule has 7 nitrogen and oxygen atoms in total. The Labute approximate surface area is 128 Å². The minimum absolute atomic E-state index is 0.0524. The Hall–Kier alpha value is -2.28. The van der Waals surface area contributed by atoms with Gasteiger partial charge in [-0.1, -0.05) is 12.1 Å². The summed E-state index contributed by atoms with van der Waals surface area (Å²) >= 11 is 0. The quantitative estimate of drug-likeness (QED) is 0.855. The molecule has 7 heteroatoms. The number of ether oxygens (including phenoxy) is 1. The largest absolute Gasteiger partial charge is 0.377 e. The smallest absolute Gasteiger partial charge is 0.255 e. The van der Waals surface area contributed by atoms with E-state index in [0.717, 1.165) is 12.0 Å². The average Bonchev–Trinajstić information content (AvgIpc) is 3.00. The molecule has 0 aliphatic carbocycles. The Bertz CT molecular complexity index is 670. The molecule has 0 N–H and O–H groups in total. The van der Waals surface area contributed by atoms with Gasteiger partial charge in [0, 0.05) is 24.5 Å². The first-order chi connectivity index (χ1) is 10.7. The lowest BCUT2D eigenvalue weighted by molar-refractivity contribution is -0.0119. The molecule has 0 unspecified atom stereocenters. The Morgan fingerprint density at radius 1 is 1.50 bits per heavy atom. The lowest BCUT2D eigenvalue weighted by Gasteiger charge is -2.33. The predicted octanol–water partition coefficient (Wildman–Crippen LogP) is 1.55. The summed E-state index contributed by atoms with van der Waals surface area (Å²) in [6.07, 6.45) is 4.13. The molecule has 3 heterocycles. The van der Waals surface area contributed by atoms with Crippen LogP contribution in [0.2, 0.25) is 0 Å². The number of pyridine rings is 1. The fraction of sp³-hybridized carbons (Fsp3) is 0.467. The molecule has 1 aliphatic rings. The van der Waals surface area contributed by atoms with Gasteiger partial charge in [-0.2, -0.15) is 4.98 Å². The number of aromatic nitrogens is 3.